The average Bonchev–Trinajstić information content (AvgIpc) is 2.16. The second-order valence-corrected chi connectivity index (χ2v) is 3.00. The lowest BCUT2D eigenvalue weighted by Gasteiger charge is -2.25. The molecule has 0 fully saturated rings. The second-order valence-electron chi connectivity index (χ2n) is 3.00. The van der Waals surface area contributed by atoms with Crippen molar-refractivity contribution in [2.45, 2.75) is 25.7 Å². The number of carbonyl (C=O) groups excluding carboxylic acids is 1. The van der Waals surface area contributed by atoms with E-state index in [1.807, 2.05) is 0 Å². The quantitative estimate of drug-likeness (QED) is 0.694. The van der Waals surface area contributed by atoms with Gasteiger partial charge in [-0.3, -0.25) is 4.79 Å². The molecule has 0 atom stereocenters. The molecule has 2 N–H and O–H groups in total. The molecular formula is C8H14F4N2O. The minimum atomic E-state index is -4.62. The van der Waals surface area contributed by atoms with Crippen LogP contribution in [0, 0.1) is 0 Å². The third kappa shape index (κ3) is 3.65. The monoisotopic (exact) mass is 230 g/mol. The molecule has 0 aromatic heterocycles. The predicted octanol–water partition coefficient (Wildman–Crippen LogP) is 1.08. The maximum Gasteiger partial charge on any atom is 0.383 e. The van der Waals surface area contributed by atoms with E-state index in [-0.39, 0.29) is 19.6 Å². The number of hydrogen-bond donors (Lipinski definition) is 1. The number of nitrogens with zero attached hydrogens (tertiary/aromatic N) is 1. The molecule has 0 rings (SSSR count). The number of hydrogen-bond acceptors (Lipinski definition) is 2. The minimum Gasteiger partial charge on any atom is -0.336 e. The average molecular weight is 230 g/mol. The lowest BCUT2D eigenvalue weighted by atomic mass is 10.2. The zero-order valence-corrected chi connectivity index (χ0v) is 8.35. The minimum absolute atomic E-state index is 0.00164. The van der Waals surface area contributed by atoms with E-state index in [0.29, 0.717) is 11.3 Å². The molecule has 7 heteroatoms. The number of rotatable bonds is 6. The van der Waals surface area contributed by atoms with Gasteiger partial charge in [0.15, 0.2) is 0 Å². The van der Waals surface area contributed by atoms with Crippen LogP contribution in [0.25, 0.3) is 0 Å². The van der Waals surface area contributed by atoms with Gasteiger partial charge in [-0.05, 0) is 6.42 Å². The third-order valence-electron chi connectivity index (χ3n) is 1.74. The van der Waals surface area contributed by atoms with Crippen LogP contribution in [0.15, 0.2) is 0 Å². The SMILES string of the molecule is CCCN(CCN)C(=O)C(F)(F)C(F)F. The largest absolute Gasteiger partial charge is 0.383 e. The van der Waals surface area contributed by atoms with Gasteiger partial charge in [-0.25, -0.2) is 8.78 Å². The molecule has 0 saturated carbocycles. The van der Waals surface area contributed by atoms with E-state index in [1.54, 1.807) is 6.92 Å². The van der Waals surface area contributed by atoms with Crippen molar-refractivity contribution in [2.24, 2.45) is 5.73 Å². The normalized spacial score (nSPS) is 11.9. The van der Waals surface area contributed by atoms with Crippen LogP contribution in [0.5, 0.6) is 0 Å². The fourth-order valence-corrected chi connectivity index (χ4v) is 1.04. The predicted molar refractivity (Wildman–Crippen MR) is 46.9 cm³/mol. The van der Waals surface area contributed by atoms with E-state index < -0.39 is 18.3 Å². The van der Waals surface area contributed by atoms with Gasteiger partial charge in [0, 0.05) is 19.6 Å². The molecule has 0 aliphatic rings. The van der Waals surface area contributed by atoms with Crippen LogP contribution in [0.3, 0.4) is 0 Å². The Bertz CT molecular complexity index is 205. The van der Waals surface area contributed by atoms with Crippen molar-refractivity contribution in [1.82, 2.24) is 4.90 Å². The molecule has 0 aromatic rings. The Kier molecular flexibility index (Phi) is 5.56. The third-order valence-corrected chi connectivity index (χ3v) is 1.74. The smallest absolute Gasteiger partial charge is 0.336 e. The zero-order valence-electron chi connectivity index (χ0n) is 8.35. The van der Waals surface area contributed by atoms with Gasteiger partial charge < -0.3 is 10.6 Å². The topological polar surface area (TPSA) is 46.3 Å². The Morgan fingerprint density at radius 1 is 1.40 bits per heavy atom. The van der Waals surface area contributed by atoms with Crippen molar-refractivity contribution < 1.29 is 22.4 Å². The standard InChI is InChI=1S/C8H14F4N2O/c1-2-4-14(5-3-13)7(15)8(11,12)6(9)10/h6H,2-5,13H2,1H3. The summed E-state index contributed by atoms with van der Waals surface area (Å²) in [5.41, 5.74) is 5.09. The Morgan fingerprint density at radius 2 is 1.93 bits per heavy atom. The molecule has 90 valence electrons. The van der Waals surface area contributed by atoms with Crippen molar-refractivity contribution >= 4 is 5.91 Å². The summed E-state index contributed by atoms with van der Waals surface area (Å²) in [6.45, 7) is 1.47. The second kappa shape index (κ2) is 5.89. The fourth-order valence-electron chi connectivity index (χ4n) is 1.04. The van der Waals surface area contributed by atoms with Gasteiger partial charge in [-0.2, -0.15) is 8.78 Å². The van der Waals surface area contributed by atoms with Crippen LogP contribution < -0.4 is 5.73 Å². The molecule has 0 radical (unpaired) electrons. The summed E-state index contributed by atoms with van der Waals surface area (Å²) in [4.78, 5) is 11.7. The van der Waals surface area contributed by atoms with E-state index in [1.165, 1.54) is 0 Å². The van der Waals surface area contributed by atoms with Crippen LogP contribution in [0.1, 0.15) is 13.3 Å². The number of nitrogens with two attached hydrogens (primary N) is 1. The Labute approximate surface area is 85.2 Å². The Hall–Kier alpha value is -0.850. The molecule has 1 amide bonds. The molecule has 0 aromatic carbocycles. The first-order chi connectivity index (χ1) is 6.87. The van der Waals surface area contributed by atoms with Crippen LogP contribution in [-0.2, 0) is 4.79 Å². The molecule has 0 bridgehead atoms. The van der Waals surface area contributed by atoms with Gasteiger partial charge >= 0.3 is 12.3 Å². The highest BCUT2D eigenvalue weighted by Crippen LogP contribution is 2.25. The van der Waals surface area contributed by atoms with Crippen molar-refractivity contribution in [2.75, 3.05) is 19.6 Å². The van der Waals surface area contributed by atoms with E-state index in [9.17, 15) is 22.4 Å². The first kappa shape index (κ1) is 14.2. The fraction of sp³-hybridized carbons (Fsp3) is 0.875. The first-order valence-corrected chi connectivity index (χ1v) is 4.53. The van der Waals surface area contributed by atoms with Crippen LogP contribution in [0.2, 0.25) is 0 Å². The lowest BCUT2D eigenvalue weighted by Crippen LogP contribution is -2.49. The maximum atomic E-state index is 12.7. The molecule has 0 heterocycles. The highest BCUT2D eigenvalue weighted by atomic mass is 19.3. The van der Waals surface area contributed by atoms with Crippen LogP contribution >= 0.6 is 0 Å². The first-order valence-electron chi connectivity index (χ1n) is 4.53. The molecule has 0 spiro atoms. The van der Waals surface area contributed by atoms with Gasteiger partial charge in [-0.15, -0.1) is 0 Å². The summed E-state index contributed by atoms with van der Waals surface area (Å²) in [6, 6.07) is 0. The van der Waals surface area contributed by atoms with E-state index in [2.05, 4.69) is 0 Å². The van der Waals surface area contributed by atoms with Crippen molar-refractivity contribution in [1.29, 1.82) is 0 Å². The van der Waals surface area contributed by atoms with Gasteiger partial charge in [0.2, 0.25) is 0 Å². The van der Waals surface area contributed by atoms with Gasteiger partial charge in [0.25, 0.3) is 5.91 Å². The lowest BCUT2D eigenvalue weighted by molar-refractivity contribution is -0.180. The van der Waals surface area contributed by atoms with E-state index in [4.69, 9.17) is 5.73 Å². The number of amides is 1. The summed E-state index contributed by atoms with van der Waals surface area (Å²) < 4.78 is 49.1. The van der Waals surface area contributed by atoms with Gasteiger partial charge in [-0.1, -0.05) is 6.92 Å². The number of halogens is 4. The highest BCUT2D eigenvalue weighted by Gasteiger charge is 2.50. The molecule has 3 nitrogen and oxygen atoms in total. The van der Waals surface area contributed by atoms with Crippen LogP contribution in [-0.4, -0.2) is 42.8 Å². The molecule has 15 heavy (non-hydrogen) atoms. The number of alkyl halides is 4. The Balaban J connectivity index is 4.61. The number of carbonyl (C=O) groups is 1. The summed E-state index contributed by atoms with van der Waals surface area (Å²) in [6.07, 6.45) is -3.58. The Morgan fingerprint density at radius 3 is 2.27 bits per heavy atom. The van der Waals surface area contributed by atoms with E-state index >= 15 is 0 Å². The molecule has 0 unspecified atom stereocenters. The summed E-state index contributed by atoms with van der Waals surface area (Å²) in [7, 11) is 0. The summed E-state index contributed by atoms with van der Waals surface area (Å²) in [5.74, 6) is -6.48. The molecule has 0 aliphatic heterocycles. The maximum absolute atomic E-state index is 12.7. The summed E-state index contributed by atoms with van der Waals surface area (Å²) in [5, 5.41) is 0. The van der Waals surface area contributed by atoms with Crippen molar-refractivity contribution in [3.63, 3.8) is 0 Å². The molecule has 0 saturated heterocycles. The van der Waals surface area contributed by atoms with Crippen LogP contribution in [0.4, 0.5) is 17.6 Å². The van der Waals surface area contributed by atoms with Gasteiger partial charge in [0.1, 0.15) is 0 Å². The molecule has 0 aliphatic carbocycles. The van der Waals surface area contributed by atoms with Crippen molar-refractivity contribution in [3.05, 3.63) is 0 Å². The van der Waals surface area contributed by atoms with E-state index in [0.717, 1.165) is 0 Å². The van der Waals surface area contributed by atoms with Crippen molar-refractivity contribution in [3.8, 4) is 0 Å². The summed E-state index contributed by atoms with van der Waals surface area (Å²) >= 11 is 0. The zero-order chi connectivity index (χ0) is 12.1. The highest BCUT2D eigenvalue weighted by molar-refractivity contribution is 5.84. The molecular weight excluding hydrogens is 216 g/mol. The van der Waals surface area contributed by atoms with Gasteiger partial charge in [0.05, 0.1) is 0 Å².